The number of benzene rings is 1. The summed E-state index contributed by atoms with van der Waals surface area (Å²) in [6.45, 7) is 6.53. The molecule has 0 radical (unpaired) electrons. The lowest BCUT2D eigenvalue weighted by Gasteiger charge is -2.08. The van der Waals surface area contributed by atoms with Gasteiger partial charge in [0.2, 0.25) is 0 Å². The molecule has 1 aromatic rings. The van der Waals surface area contributed by atoms with E-state index in [-0.39, 0.29) is 11.5 Å². The molecule has 0 aliphatic heterocycles. The number of carbonyl (C=O) groups excluding carboxylic acids is 1. The first-order valence-electron chi connectivity index (χ1n) is 6.35. The van der Waals surface area contributed by atoms with Crippen LogP contribution in [0.5, 0.6) is 0 Å². The standard InChI is InChI=1S/C15H18BrN3O/c1-10(2)8-19-15(20)12(7-17)9-18-14-5-4-11(3)6-13(14)16/h4-6,9-10,18H,8H2,1-3H3,(H,19,20)/b12-9-. The quantitative estimate of drug-likeness (QED) is 0.640. The first kappa shape index (κ1) is 16.3. The van der Waals surface area contributed by atoms with Gasteiger partial charge in [0, 0.05) is 17.2 Å². The molecule has 0 aliphatic rings. The van der Waals surface area contributed by atoms with Crippen LogP contribution in [0.3, 0.4) is 0 Å². The smallest absolute Gasteiger partial charge is 0.263 e. The van der Waals surface area contributed by atoms with Crippen LogP contribution < -0.4 is 10.6 Å². The third kappa shape index (κ3) is 5.06. The number of amides is 1. The van der Waals surface area contributed by atoms with Crippen LogP contribution in [0.15, 0.2) is 34.4 Å². The summed E-state index contributed by atoms with van der Waals surface area (Å²) in [5.41, 5.74) is 1.99. The summed E-state index contributed by atoms with van der Waals surface area (Å²) in [6.07, 6.45) is 1.42. The normalized spacial score (nSPS) is 11.1. The second-order valence-corrected chi connectivity index (χ2v) is 5.76. The number of halogens is 1. The van der Waals surface area contributed by atoms with Gasteiger partial charge in [-0.1, -0.05) is 19.9 Å². The maximum Gasteiger partial charge on any atom is 0.263 e. The van der Waals surface area contributed by atoms with Crippen molar-refractivity contribution in [3.05, 3.63) is 40.0 Å². The van der Waals surface area contributed by atoms with Crippen molar-refractivity contribution >= 4 is 27.5 Å². The maximum atomic E-state index is 11.8. The number of anilines is 1. The van der Waals surface area contributed by atoms with E-state index in [4.69, 9.17) is 5.26 Å². The van der Waals surface area contributed by atoms with Gasteiger partial charge < -0.3 is 10.6 Å². The van der Waals surface area contributed by atoms with Gasteiger partial charge in [-0.05, 0) is 46.5 Å². The Kier molecular flexibility index (Phi) is 6.26. The number of carbonyl (C=O) groups is 1. The molecule has 0 atom stereocenters. The van der Waals surface area contributed by atoms with Gasteiger partial charge >= 0.3 is 0 Å². The molecule has 1 amide bonds. The molecule has 4 nitrogen and oxygen atoms in total. The Hall–Kier alpha value is -1.80. The average molecular weight is 336 g/mol. The van der Waals surface area contributed by atoms with Gasteiger partial charge in [-0.3, -0.25) is 4.79 Å². The van der Waals surface area contributed by atoms with E-state index in [1.807, 2.05) is 45.0 Å². The largest absolute Gasteiger partial charge is 0.359 e. The number of nitrogens with zero attached hydrogens (tertiary/aromatic N) is 1. The van der Waals surface area contributed by atoms with Crippen LogP contribution in [0.2, 0.25) is 0 Å². The monoisotopic (exact) mass is 335 g/mol. The van der Waals surface area contributed by atoms with Crippen molar-refractivity contribution in [1.82, 2.24) is 5.32 Å². The molecule has 1 rings (SSSR count). The highest BCUT2D eigenvalue weighted by atomic mass is 79.9. The summed E-state index contributed by atoms with van der Waals surface area (Å²) in [7, 11) is 0. The van der Waals surface area contributed by atoms with Crippen LogP contribution in [-0.4, -0.2) is 12.5 Å². The predicted octanol–water partition coefficient (Wildman–Crippen LogP) is 3.35. The molecule has 0 aromatic heterocycles. The number of hydrogen-bond acceptors (Lipinski definition) is 3. The van der Waals surface area contributed by atoms with Crippen LogP contribution in [0, 0.1) is 24.2 Å². The summed E-state index contributed by atoms with van der Waals surface area (Å²) in [4.78, 5) is 11.8. The zero-order valence-electron chi connectivity index (χ0n) is 11.8. The lowest BCUT2D eigenvalue weighted by atomic mass is 10.2. The Morgan fingerprint density at radius 2 is 2.20 bits per heavy atom. The van der Waals surface area contributed by atoms with Gasteiger partial charge in [-0.2, -0.15) is 5.26 Å². The lowest BCUT2D eigenvalue weighted by molar-refractivity contribution is -0.117. The number of rotatable bonds is 5. The topological polar surface area (TPSA) is 64.9 Å². The fourth-order valence-electron chi connectivity index (χ4n) is 1.43. The van der Waals surface area contributed by atoms with Gasteiger partial charge in [-0.25, -0.2) is 0 Å². The van der Waals surface area contributed by atoms with E-state index in [9.17, 15) is 4.79 Å². The molecule has 0 spiro atoms. The molecule has 0 bridgehead atoms. The fraction of sp³-hybridized carbons (Fsp3) is 0.333. The Morgan fingerprint density at radius 3 is 2.75 bits per heavy atom. The maximum absolute atomic E-state index is 11.8. The first-order valence-corrected chi connectivity index (χ1v) is 7.14. The Balaban J connectivity index is 2.75. The molecule has 0 heterocycles. The summed E-state index contributed by atoms with van der Waals surface area (Å²) < 4.78 is 0.883. The highest BCUT2D eigenvalue weighted by Crippen LogP contribution is 2.23. The minimum atomic E-state index is -0.364. The Morgan fingerprint density at radius 1 is 1.50 bits per heavy atom. The summed E-state index contributed by atoms with van der Waals surface area (Å²) in [5, 5.41) is 14.7. The minimum absolute atomic E-state index is 0.0538. The van der Waals surface area contributed by atoms with Crippen molar-refractivity contribution in [2.75, 3.05) is 11.9 Å². The van der Waals surface area contributed by atoms with Crippen molar-refractivity contribution < 1.29 is 4.79 Å². The number of hydrogen-bond donors (Lipinski definition) is 2. The van der Waals surface area contributed by atoms with Crippen LogP contribution in [0.4, 0.5) is 5.69 Å². The van der Waals surface area contributed by atoms with E-state index < -0.39 is 0 Å². The molecule has 106 valence electrons. The van der Waals surface area contributed by atoms with E-state index in [1.54, 1.807) is 0 Å². The van der Waals surface area contributed by atoms with Crippen LogP contribution in [0.25, 0.3) is 0 Å². The van der Waals surface area contributed by atoms with E-state index in [0.717, 1.165) is 15.7 Å². The number of nitrogens with one attached hydrogen (secondary N) is 2. The second-order valence-electron chi connectivity index (χ2n) is 4.90. The zero-order chi connectivity index (χ0) is 15.1. The molecule has 0 saturated carbocycles. The van der Waals surface area contributed by atoms with Crippen molar-refractivity contribution in [3.63, 3.8) is 0 Å². The second kappa shape index (κ2) is 7.71. The van der Waals surface area contributed by atoms with Crippen LogP contribution in [-0.2, 0) is 4.79 Å². The molecular weight excluding hydrogens is 318 g/mol. The van der Waals surface area contributed by atoms with Crippen molar-refractivity contribution in [2.24, 2.45) is 5.92 Å². The van der Waals surface area contributed by atoms with E-state index in [1.165, 1.54) is 6.20 Å². The summed E-state index contributed by atoms with van der Waals surface area (Å²) >= 11 is 3.43. The summed E-state index contributed by atoms with van der Waals surface area (Å²) in [6, 6.07) is 7.69. The van der Waals surface area contributed by atoms with E-state index in [2.05, 4.69) is 26.6 Å². The fourth-order valence-corrected chi connectivity index (χ4v) is 2.04. The molecule has 0 unspecified atom stereocenters. The molecular formula is C15H18BrN3O. The van der Waals surface area contributed by atoms with Gasteiger partial charge in [0.25, 0.3) is 5.91 Å². The van der Waals surface area contributed by atoms with Gasteiger partial charge in [0.05, 0.1) is 5.69 Å². The average Bonchev–Trinajstić information content (AvgIpc) is 2.39. The first-order chi connectivity index (χ1) is 9.43. The highest BCUT2D eigenvalue weighted by Gasteiger charge is 2.09. The van der Waals surface area contributed by atoms with Gasteiger partial charge in [0.15, 0.2) is 0 Å². The molecule has 0 fully saturated rings. The van der Waals surface area contributed by atoms with Crippen LogP contribution >= 0.6 is 15.9 Å². The van der Waals surface area contributed by atoms with Crippen molar-refractivity contribution in [1.29, 1.82) is 5.26 Å². The molecule has 0 saturated heterocycles. The van der Waals surface area contributed by atoms with Gasteiger partial charge in [0.1, 0.15) is 11.6 Å². The Labute approximate surface area is 128 Å². The molecule has 20 heavy (non-hydrogen) atoms. The lowest BCUT2D eigenvalue weighted by Crippen LogP contribution is -2.28. The van der Waals surface area contributed by atoms with Crippen molar-refractivity contribution in [2.45, 2.75) is 20.8 Å². The predicted molar refractivity (Wildman–Crippen MR) is 84.0 cm³/mol. The third-order valence-corrected chi connectivity index (χ3v) is 3.19. The number of nitriles is 1. The Bertz CT molecular complexity index is 559. The van der Waals surface area contributed by atoms with Crippen LogP contribution in [0.1, 0.15) is 19.4 Å². The SMILES string of the molecule is Cc1ccc(N/C=C(/C#N)C(=O)NCC(C)C)c(Br)c1. The molecule has 0 aliphatic carbocycles. The zero-order valence-corrected chi connectivity index (χ0v) is 13.4. The molecule has 5 heteroatoms. The molecule has 2 N–H and O–H groups in total. The van der Waals surface area contributed by atoms with Gasteiger partial charge in [-0.15, -0.1) is 0 Å². The summed E-state index contributed by atoms with van der Waals surface area (Å²) in [5.74, 6) is -0.0185. The van der Waals surface area contributed by atoms with E-state index in [0.29, 0.717) is 12.5 Å². The van der Waals surface area contributed by atoms with Crippen molar-refractivity contribution in [3.8, 4) is 6.07 Å². The van der Waals surface area contributed by atoms with E-state index >= 15 is 0 Å². The third-order valence-electron chi connectivity index (χ3n) is 2.53. The highest BCUT2D eigenvalue weighted by molar-refractivity contribution is 9.10. The minimum Gasteiger partial charge on any atom is -0.359 e. The number of aryl methyl sites for hydroxylation is 1. The molecule has 1 aromatic carbocycles.